The van der Waals surface area contributed by atoms with Gasteiger partial charge in [0.15, 0.2) is 0 Å². The summed E-state index contributed by atoms with van der Waals surface area (Å²) in [4.78, 5) is 4.38. The van der Waals surface area contributed by atoms with Crippen molar-refractivity contribution in [1.29, 1.82) is 0 Å². The highest BCUT2D eigenvalue weighted by Gasteiger charge is 2.17. The Kier molecular flexibility index (Phi) is 2.31. The number of benzene rings is 1. The van der Waals surface area contributed by atoms with E-state index >= 15 is 0 Å². The van der Waals surface area contributed by atoms with E-state index in [1.165, 1.54) is 31.2 Å². The minimum atomic E-state index is 0.789. The molecule has 2 N–H and O–H groups in total. The molecule has 3 nitrogen and oxygen atoms in total. The SMILES string of the molecule is Nc1ccc2c(c1)ncn2CCC1CCC1. The molecule has 1 fully saturated rings. The fourth-order valence-corrected chi connectivity index (χ4v) is 2.36. The van der Waals surface area contributed by atoms with Gasteiger partial charge in [-0.1, -0.05) is 19.3 Å². The minimum absolute atomic E-state index is 0.789. The van der Waals surface area contributed by atoms with Gasteiger partial charge in [-0.15, -0.1) is 0 Å². The number of aryl methyl sites for hydroxylation is 1. The van der Waals surface area contributed by atoms with E-state index in [9.17, 15) is 0 Å². The van der Waals surface area contributed by atoms with Crippen LogP contribution in [0.5, 0.6) is 0 Å². The Balaban J connectivity index is 1.80. The second-order valence-corrected chi connectivity index (χ2v) is 4.77. The van der Waals surface area contributed by atoms with Crippen LogP contribution in [-0.2, 0) is 6.54 Å². The first-order chi connectivity index (χ1) is 7.83. The molecule has 3 heteroatoms. The summed E-state index contributed by atoms with van der Waals surface area (Å²) in [5.74, 6) is 0.950. The van der Waals surface area contributed by atoms with E-state index in [1.807, 2.05) is 18.5 Å². The number of anilines is 1. The number of aromatic nitrogens is 2. The third kappa shape index (κ3) is 1.66. The van der Waals surface area contributed by atoms with Crippen LogP contribution < -0.4 is 5.73 Å². The van der Waals surface area contributed by atoms with Gasteiger partial charge in [0.1, 0.15) is 0 Å². The molecular weight excluding hydrogens is 198 g/mol. The van der Waals surface area contributed by atoms with Crippen molar-refractivity contribution in [3.05, 3.63) is 24.5 Å². The van der Waals surface area contributed by atoms with Crippen molar-refractivity contribution in [2.24, 2.45) is 5.92 Å². The van der Waals surface area contributed by atoms with E-state index in [1.54, 1.807) is 0 Å². The lowest BCUT2D eigenvalue weighted by atomic mass is 9.83. The van der Waals surface area contributed by atoms with Gasteiger partial charge in [0, 0.05) is 12.2 Å². The summed E-state index contributed by atoms with van der Waals surface area (Å²) in [7, 11) is 0. The molecule has 0 atom stereocenters. The monoisotopic (exact) mass is 215 g/mol. The number of rotatable bonds is 3. The molecule has 1 aromatic heterocycles. The number of nitrogens with zero attached hydrogens (tertiary/aromatic N) is 2. The van der Waals surface area contributed by atoms with Crippen molar-refractivity contribution in [1.82, 2.24) is 9.55 Å². The van der Waals surface area contributed by atoms with E-state index in [-0.39, 0.29) is 0 Å². The molecule has 1 heterocycles. The van der Waals surface area contributed by atoms with E-state index < -0.39 is 0 Å². The summed E-state index contributed by atoms with van der Waals surface area (Å²) in [5.41, 5.74) is 8.74. The summed E-state index contributed by atoms with van der Waals surface area (Å²) in [6.07, 6.45) is 7.48. The van der Waals surface area contributed by atoms with Crippen molar-refractivity contribution in [2.45, 2.75) is 32.2 Å². The van der Waals surface area contributed by atoms with Crippen LogP contribution in [0.1, 0.15) is 25.7 Å². The van der Waals surface area contributed by atoms with Crippen molar-refractivity contribution < 1.29 is 0 Å². The number of nitrogen functional groups attached to an aromatic ring is 1. The Bertz CT molecular complexity index is 497. The predicted octanol–water partition coefficient (Wildman–Crippen LogP) is 2.81. The van der Waals surface area contributed by atoms with Gasteiger partial charge in [0.05, 0.1) is 17.4 Å². The summed E-state index contributed by atoms with van der Waals surface area (Å²) < 4.78 is 2.24. The second-order valence-electron chi connectivity index (χ2n) is 4.77. The van der Waals surface area contributed by atoms with Crippen molar-refractivity contribution in [3.8, 4) is 0 Å². The van der Waals surface area contributed by atoms with Gasteiger partial charge in [0.2, 0.25) is 0 Å². The Morgan fingerprint density at radius 3 is 3.00 bits per heavy atom. The van der Waals surface area contributed by atoms with Gasteiger partial charge < -0.3 is 10.3 Å². The highest BCUT2D eigenvalue weighted by molar-refractivity contribution is 5.78. The first-order valence-corrected chi connectivity index (χ1v) is 6.03. The summed E-state index contributed by atoms with van der Waals surface area (Å²) in [6.45, 7) is 1.09. The van der Waals surface area contributed by atoms with Gasteiger partial charge in [-0.25, -0.2) is 4.98 Å². The van der Waals surface area contributed by atoms with Crippen LogP contribution in [0.25, 0.3) is 11.0 Å². The molecule has 3 rings (SSSR count). The van der Waals surface area contributed by atoms with Gasteiger partial charge in [-0.2, -0.15) is 0 Å². The number of nitrogens with two attached hydrogens (primary N) is 1. The molecule has 1 aromatic carbocycles. The summed E-state index contributed by atoms with van der Waals surface area (Å²) >= 11 is 0. The number of hydrogen-bond donors (Lipinski definition) is 1. The smallest absolute Gasteiger partial charge is 0.0958 e. The average molecular weight is 215 g/mol. The van der Waals surface area contributed by atoms with E-state index in [0.29, 0.717) is 0 Å². The molecule has 2 aromatic rings. The maximum Gasteiger partial charge on any atom is 0.0958 e. The van der Waals surface area contributed by atoms with Crippen molar-refractivity contribution in [2.75, 3.05) is 5.73 Å². The Hall–Kier alpha value is -1.51. The average Bonchev–Trinajstić information content (AvgIpc) is 2.58. The number of fused-ring (bicyclic) bond motifs is 1. The Morgan fingerprint density at radius 1 is 1.38 bits per heavy atom. The quantitative estimate of drug-likeness (QED) is 0.800. The number of imidazole rings is 1. The molecule has 1 aliphatic rings. The predicted molar refractivity (Wildman–Crippen MR) is 66.1 cm³/mol. The first kappa shape index (κ1) is 9.70. The first-order valence-electron chi connectivity index (χ1n) is 6.03. The molecule has 0 unspecified atom stereocenters. The summed E-state index contributed by atoms with van der Waals surface area (Å²) in [6, 6.07) is 5.96. The third-order valence-electron chi connectivity index (χ3n) is 3.65. The zero-order valence-corrected chi connectivity index (χ0v) is 9.39. The normalized spacial score (nSPS) is 16.5. The Labute approximate surface area is 95.3 Å². The largest absolute Gasteiger partial charge is 0.399 e. The molecular formula is C13H17N3. The zero-order valence-electron chi connectivity index (χ0n) is 9.39. The highest BCUT2D eigenvalue weighted by Crippen LogP contribution is 2.30. The van der Waals surface area contributed by atoms with Crippen LogP contribution in [0.15, 0.2) is 24.5 Å². The molecule has 0 saturated heterocycles. The van der Waals surface area contributed by atoms with Crippen LogP contribution in [-0.4, -0.2) is 9.55 Å². The van der Waals surface area contributed by atoms with Gasteiger partial charge in [-0.05, 0) is 30.5 Å². The second kappa shape index (κ2) is 3.81. The molecule has 16 heavy (non-hydrogen) atoms. The molecule has 0 bridgehead atoms. The van der Waals surface area contributed by atoms with E-state index in [4.69, 9.17) is 5.73 Å². The molecule has 1 saturated carbocycles. The maximum atomic E-state index is 5.74. The topological polar surface area (TPSA) is 43.8 Å². The molecule has 84 valence electrons. The molecule has 0 amide bonds. The van der Waals surface area contributed by atoms with Crippen LogP contribution in [0, 0.1) is 5.92 Å². The molecule has 0 aliphatic heterocycles. The Morgan fingerprint density at radius 2 is 2.25 bits per heavy atom. The fraction of sp³-hybridized carbons (Fsp3) is 0.462. The molecule has 0 spiro atoms. The van der Waals surface area contributed by atoms with E-state index in [0.717, 1.165) is 23.7 Å². The lowest BCUT2D eigenvalue weighted by molar-refractivity contribution is 0.283. The maximum absolute atomic E-state index is 5.74. The van der Waals surface area contributed by atoms with Gasteiger partial charge in [0.25, 0.3) is 0 Å². The van der Waals surface area contributed by atoms with Crippen molar-refractivity contribution in [3.63, 3.8) is 0 Å². The minimum Gasteiger partial charge on any atom is -0.399 e. The van der Waals surface area contributed by atoms with Gasteiger partial charge >= 0.3 is 0 Å². The van der Waals surface area contributed by atoms with Crippen LogP contribution >= 0.6 is 0 Å². The molecule has 1 aliphatic carbocycles. The van der Waals surface area contributed by atoms with Crippen LogP contribution in [0.3, 0.4) is 0 Å². The molecule has 0 radical (unpaired) electrons. The zero-order chi connectivity index (χ0) is 11.0. The number of hydrogen-bond acceptors (Lipinski definition) is 2. The van der Waals surface area contributed by atoms with E-state index in [2.05, 4.69) is 15.6 Å². The standard InChI is InChI=1S/C13H17N3/c14-11-4-5-13-12(8-11)15-9-16(13)7-6-10-2-1-3-10/h4-5,8-10H,1-3,6-7,14H2. The van der Waals surface area contributed by atoms with Gasteiger partial charge in [-0.3, -0.25) is 0 Å². The lowest BCUT2D eigenvalue weighted by Gasteiger charge is -2.25. The summed E-state index contributed by atoms with van der Waals surface area (Å²) in [5, 5.41) is 0. The van der Waals surface area contributed by atoms with Crippen LogP contribution in [0.2, 0.25) is 0 Å². The fourth-order valence-electron chi connectivity index (χ4n) is 2.36. The van der Waals surface area contributed by atoms with Crippen LogP contribution in [0.4, 0.5) is 5.69 Å². The third-order valence-corrected chi connectivity index (χ3v) is 3.65. The van der Waals surface area contributed by atoms with Crippen molar-refractivity contribution >= 4 is 16.7 Å². The lowest BCUT2D eigenvalue weighted by Crippen LogP contribution is -2.13. The highest BCUT2D eigenvalue weighted by atomic mass is 15.0.